The second kappa shape index (κ2) is 7.71. The Kier molecular flexibility index (Phi) is 5.36. The third-order valence-corrected chi connectivity index (χ3v) is 5.01. The van der Waals surface area contributed by atoms with Gasteiger partial charge in [-0.2, -0.15) is 0 Å². The van der Waals surface area contributed by atoms with Crippen LogP contribution in [0.25, 0.3) is 10.6 Å². The summed E-state index contributed by atoms with van der Waals surface area (Å²) in [7, 11) is 3.00. The molecular formula is C19H16F2N2O3S. The molecule has 140 valence electrons. The molecule has 0 aliphatic rings. The van der Waals surface area contributed by atoms with E-state index in [1.165, 1.54) is 20.3 Å². The quantitative estimate of drug-likeness (QED) is 0.688. The topological polar surface area (TPSA) is 60.5 Å². The molecular weight excluding hydrogens is 374 g/mol. The molecule has 5 nitrogen and oxygen atoms in total. The van der Waals surface area contributed by atoms with E-state index in [4.69, 9.17) is 9.47 Å². The number of carbonyl (C=O) groups is 1. The summed E-state index contributed by atoms with van der Waals surface area (Å²) in [6.07, 6.45) is 0. The Bertz CT molecular complexity index is 984. The maximum absolute atomic E-state index is 14.0. The summed E-state index contributed by atoms with van der Waals surface area (Å²) in [4.78, 5) is 17.1. The van der Waals surface area contributed by atoms with Crippen LogP contribution in [-0.4, -0.2) is 25.1 Å². The Labute approximate surface area is 158 Å². The van der Waals surface area contributed by atoms with E-state index in [2.05, 4.69) is 10.3 Å². The number of halogens is 2. The number of nitrogens with one attached hydrogen (secondary N) is 1. The van der Waals surface area contributed by atoms with Crippen molar-refractivity contribution in [3.05, 3.63) is 58.6 Å². The van der Waals surface area contributed by atoms with E-state index in [1.807, 2.05) is 0 Å². The lowest BCUT2D eigenvalue weighted by Gasteiger charge is -2.11. The first-order valence-electron chi connectivity index (χ1n) is 7.89. The van der Waals surface area contributed by atoms with Gasteiger partial charge >= 0.3 is 0 Å². The molecule has 8 heteroatoms. The van der Waals surface area contributed by atoms with Crippen molar-refractivity contribution in [2.24, 2.45) is 0 Å². The van der Waals surface area contributed by atoms with Crippen LogP contribution in [-0.2, 0) is 0 Å². The van der Waals surface area contributed by atoms with Crippen molar-refractivity contribution in [1.82, 2.24) is 4.98 Å². The highest BCUT2D eigenvalue weighted by Crippen LogP contribution is 2.33. The number of hydrogen-bond acceptors (Lipinski definition) is 5. The Hall–Kier alpha value is -3.00. The van der Waals surface area contributed by atoms with Crippen LogP contribution in [0.15, 0.2) is 36.4 Å². The fraction of sp³-hybridized carbons (Fsp3) is 0.158. The van der Waals surface area contributed by atoms with Crippen LogP contribution < -0.4 is 14.8 Å². The van der Waals surface area contributed by atoms with E-state index in [0.717, 1.165) is 23.5 Å². The van der Waals surface area contributed by atoms with Gasteiger partial charge in [-0.15, -0.1) is 11.3 Å². The van der Waals surface area contributed by atoms with E-state index in [0.29, 0.717) is 22.9 Å². The molecule has 0 atom stereocenters. The van der Waals surface area contributed by atoms with Gasteiger partial charge in [0, 0.05) is 6.07 Å². The third kappa shape index (κ3) is 3.75. The van der Waals surface area contributed by atoms with Gasteiger partial charge in [0.15, 0.2) is 0 Å². The van der Waals surface area contributed by atoms with Gasteiger partial charge in [-0.05, 0) is 31.2 Å². The van der Waals surface area contributed by atoms with Crippen LogP contribution in [0, 0.1) is 18.6 Å². The maximum atomic E-state index is 14.0. The SMILES string of the molecule is COc1ccc(NC(=O)c2sc(-c3c(F)cccc3F)nc2C)c(OC)c1. The molecule has 1 aromatic heterocycles. The number of thiazole rings is 1. The smallest absolute Gasteiger partial charge is 0.267 e. The first-order valence-corrected chi connectivity index (χ1v) is 8.71. The summed E-state index contributed by atoms with van der Waals surface area (Å²) in [5.74, 6) is -0.905. The normalized spacial score (nSPS) is 10.6. The van der Waals surface area contributed by atoms with Crippen LogP contribution in [0.2, 0.25) is 0 Å². The molecule has 0 spiro atoms. The second-order valence-corrected chi connectivity index (χ2v) is 6.55. The lowest BCUT2D eigenvalue weighted by atomic mass is 10.2. The van der Waals surface area contributed by atoms with Gasteiger partial charge in [-0.1, -0.05) is 6.07 Å². The highest BCUT2D eigenvalue weighted by Gasteiger charge is 2.21. The first kappa shape index (κ1) is 18.8. The van der Waals surface area contributed by atoms with Crippen molar-refractivity contribution in [2.45, 2.75) is 6.92 Å². The Morgan fingerprint density at radius 1 is 1.11 bits per heavy atom. The van der Waals surface area contributed by atoms with Gasteiger partial charge < -0.3 is 14.8 Å². The third-order valence-electron chi connectivity index (χ3n) is 3.84. The van der Waals surface area contributed by atoms with Crippen molar-refractivity contribution >= 4 is 22.9 Å². The minimum atomic E-state index is -0.729. The molecule has 27 heavy (non-hydrogen) atoms. The predicted octanol–water partition coefficient (Wildman–Crippen LogP) is 4.67. The van der Waals surface area contributed by atoms with E-state index in [-0.39, 0.29) is 15.4 Å². The molecule has 0 aliphatic carbocycles. The fourth-order valence-electron chi connectivity index (χ4n) is 2.50. The van der Waals surface area contributed by atoms with Crippen molar-refractivity contribution in [2.75, 3.05) is 19.5 Å². The molecule has 0 radical (unpaired) electrons. The van der Waals surface area contributed by atoms with E-state index in [1.54, 1.807) is 25.1 Å². The lowest BCUT2D eigenvalue weighted by Crippen LogP contribution is -2.12. The minimum Gasteiger partial charge on any atom is -0.497 e. The molecule has 1 heterocycles. The highest BCUT2D eigenvalue weighted by molar-refractivity contribution is 7.17. The molecule has 0 saturated carbocycles. The number of methoxy groups -OCH3 is 2. The average Bonchev–Trinajstić information content (AvgIpc) is 3.03. The second-order valence-electron chi connectivity index (χ2n) is 5.55. The number of carbonyl (C=O) groups excluding carboxylic acids is 1. The summed E-state index contributed by atoms with van der Waals surface area (Å²) in [6, 6.07) is 8.53. The van der Waals surface area contributed by atoms with Crippen molar-refractivity contribution in [3.63, 3.8) is 0 Å². The van der Waals surface area contributed by atoms with Gasteiger partial charge in [0.1, 0.15) is 33.0 Å². The highest BCUT2D eigenvalue weighted by atomic mass is 32.1. The number of anilines is 1. The molecule has 2 aromatic carbocycles. The zero-order valence-electron chi connectivity index (χ0n) is 14.8. The summed E-state index contributed by atoms with van der Waals surface area (Å²) in [5.41, 5.74) is 0.573. The van der Waals surface area contributed by atoms with Gasteiger partial charge in [-0.25, -0.2) is 13.8 Å². The van der Waals surface area contributed by atoms with Crippen molar-refractivity contribution in [1.29, 1.82) is 0 Å². The number of rotatable bonds is 5. The summed E-state index contributed by atoms with van der Waals surface area (Å²) >= 11 is 0.921. The Balaban J connectivity index is 1.92. The molecule has 0 unspecified atom stereocenters. The van der Waals surface area contributed by atoms with E-state index in [9.17, 15) is 13.6 Å². The zero-order valence-corrected chi connectivity index (χ0v) is 15.6. The van der Waals surface area contributed by atoms with Crippen LogP contribution in [0.4, 0.5) is 14.5 Å². The van der Waals surface area contributed by atoms with Crippen molar-refractivity contribution < 1.29 is 23.0 Å². The van der Waals surface area contributed by atoms with Gasteiger partial charge in [0.25, 0.3) is 5.91 Å². The minimum absolute atomic E-state index is 0.106. The fourth-order valence-corrected chi connectivity index (χ4v) is 3.51. The number of amides is 1. The van der Waals surface area contributed by atoms with Gasteiger partial charge in [0.05, 0.1) is 31.2 Å². The molecule has 1 amide bonds. The van der Waals surface area contributed by atoms with Crippen LogP contribution >= 0.6 is 11.3 Å². The van der Waals surface area contributed by atoms with Gasteiger partial charge in [-0.3, -0.25) is 4.79 Å². The summed E-state index contributed by atoms with van der Waals surface area (Å²) in [6.45, 7) is 1.61. The molecule has 1 N–H and O–H groups in total. The number of aromatic nitrogens is 1. The molecule has 0 bridgehead atoms. The Morgan fingerprint density at radius 2 is 1.81 bits per heavy atom. The number of ether oxygens (including phenoxy) is 2. The maximum Gasteiger partial charge on any atom is 0.267 e. The van der Waals surface area contributed by atoms with Crippen LogP contribution in [0.1, 0.15) is 15.4 Å². The zero-order chi connectivity index (χ0) is 19.6. The predicted molar refractivity (Wildman–Crippen MR) is 99.7 cm³/mol. The monoisotopic (exact) mass is 390 g/mol. The molecule has 0 fully saturated rings. The standard InChI is InChI=1S/C19H16F2N2O3S/c1-10-17(27-19(22-10)16-12(20)5-4-6-13(16)21)18(24)23-14-8-7-11(25-2)9-15(14)26-3/h4-9H,1-3H3,(H,23,24). The average molecular weight is 390 g/mol. The molecule has 0 aliphatic heterocycles. The largest absolute Gasteiger partial charge is 0.497 e. The number of benzene rings is 2. The molecule has 0 saturated heterocycles. The van der Waals surface area contributed by atoms with Crippen LogP contribution in [0.3, 0.4) is 0 Å². The Morgan fingerprint density at radius 3 is 2.44 bits per heavy atom. The molecule has 3 aromatic rings. The van der Waals surface area contributed by atoms with Crippen LogP contribution in [0.5, 0.6) is 11.5 Å². The van der Waals surface area contributed by atoms with Gasteiger partial charge in [0.2, 0.25) is 0 Å². The number of hydrogen-bond donors (Lipinski definition) is 1. The summed E-state index contributed by atoms with van der Waals surface area (Å²) < 4.78 is 38.4. The first-order chi connectivity index (χ1) is 12.9. The number of nitrogens with zero attached hydrogens (tertiary/aromatic N) is 1. The summed E-state index contributed by atoms with van der Waals surface area (Å²) in [5, 5.41) is 2.83. The lowest BCUT2D eigenvalue weighted by molar-refractivity contribution is 0.102. The molecule has 3 rings (SSSR count). The van der Waals surface area contributed by atoms with E-state index >= 15 is 0 Å². The van der Waals surface area contributed by atoms with E-state index < -0.39 is 17.5 Å². The van der Waals surface area contributed by atoms with Crippen molar-refractivity contribution in [3.8, 4) is 22.1 Å². The number of aryl methyl sites for hydroxylation is 1.